The lowest BCUT2D eigenvalue weighted by molar-refractivity contribution is 0.412. The number of methoxy groups -OCH3 is 1. The van der Waals surface area contributed by atoms with Gasteiger partial charge in [-0.25, -0.2) is 0 Å². The molecule has 1 aromatic heterocycles. The number of nitrogens with zero attached hydrogens (tertiary/aromatic N) is 1. The number of benzene rings is 1. The van der Waals surface area contributed by atoms with E-state index in [0.29, 0.717) is 11.4 Å². The second-order valence-corrected chi connectivity index (χ2v) is 4.33. The first kappa shape index (κ1) is 11.6. The normalized spacial score (nSPS) is 9.94. The van der Waals surface area contributed by atoms with Crippen LogP contribution in [0.15, 0.2) is 28.7 Å². The highest BCUT2D eigenvalue weighted by Gasteiger charge is 2.08. The van der Waals surface area contributed by atoms with Gasteiger partial charge in [0, 0.05) is 5.69 Å². The predicted molar refractivity (Wildman–Crippen MR) is 69.6 cm³/mol. The summed E-state index contributed by atoms with van der Waals surface area (Å²) in [7, 11) is 1.61. The van der Waals surface area contributed by atoms with E-state index in [1.807, 2.05) is 24.3 Å². The van der Waals surface area contributed by atoms with E-state index in [-0.39, 0.29) is 0 Å². The van der Waals surface area contributed by atoms with Crippen LogP contribution in [0.5, 0.6) is 5.75 Å². The van der Waals surface area contributed by atoms with Crippen molar-refractivity contribution in [3.63, 3.8) is 0 Å². The van der Waals surface area contributed by atoms with Gasteiger partial charge in [0.25, 0.3) is 0 Å². The molecule has 0 fully saturated rings. The topological polar surface area (TPSA) is 74.8 Å². The molecule has 0 spiro atoms. The lowest BCUT2D eigenvalue weighted by atomic mass is 10.1. The predicted octanol–water partition coefficient (Wildman–Crippen LogP) is 2.91. The third-order valence-corrected chi connectivity index (χ3v) is 3.05. The molecule has 0 saturated heterocycles. The Hall–Kier alpha value is -1.93. The van der Waals surface area contributed by atoms with Gasteiger partial charge in [-0.2, -0.15) is 5.26 Å². The lowest BCUT2D eigenvalue weighted by Crippen LogP contribution is -1.87. The summed E-state index contributed by atoms with van der Waals surface area (Å²) >= 11 is 3.41. The number of hydrogen-bond acceptors (Lipinski definition) is 3. The van der Waals surface area contributed by atoms with Gasteiger partial charge < -0.3 is 15.5 Å². The number of halogens is 1. The molecule has 0 aliphatic carbocycles. The first-order chi connectivity index (χ1) is 8.15. The standard InChI is InChI=1S/C12H10BrN3O/c1-17-11-3-2-7(4-9(11)13)10-5-8(6-14)12(15)16-10/h2-5,16H,15H2,1H3. The fourth-order valence-electron chi connectivity index (χ4n) is 1.55. The van der Waals surface area contributed by atoms with Crippen molar-refractivity contribution in [3.8, 4) is 23.1 Å². The Morgan fingerprint density at radius 2 is 2.18 bits per heavy atom. The second kappa shape index (κ2) is 4.52. The summed E-state index contributed by atoms with van der Waals surface area (Å²) in [6.45, 7) is 0. The van der Waals surface area contributed by atoms with Crippen LogP contribution in [0, 0.1) is 11.3 Å². The molecule has 2 rings (SSSR count). The third kappa shape index (κ3) is 2.12. The summed E-state index contributed by atoms with van der Waals surface area (Å²) in [4.78, 5) is 2.97. The number of anilines is 1. The van der Waals surface area contributed by atoms with Crippen molar-refractivity contribution >= 4 is 21.7 Å². The minimum Gasteiger partial charge on any atom is -0.496 e. The van der Waals surface area contributed by atoms with Gasteiger partial charge in [0.15, 0.2) is 0 Å². The summed E-state index contributed by atoms with van der Waals surface area (Å²) in [5.74, 6) is 1.14. The Morgan fingerprint density at radius 1 is 1.41 bits per heavy atom. The second-order valence-electron chi connectivity index (χ2n) is 3.47. The number of aromatic amines is 1. The zero-order chi connectivity index (χ0) is 12.4. The van der Waals surface area contributed by atoms with Crippen molar-refractivity contribution in [1.82, 2.24) is 4.98 Å². The van der Waals surface area contributed by atoms with Crippen LogP contribution in [0.3, 0.4) is 0 Å². The molecule has 0 aliphatic heterocycles. The third-order valence-electron chi connectivity index (χ3n) is 2.43. The molecule has 17 heavy (non-hydrogen) atoms. The Balaban J connectivity index is 2.47. The van der Waals surface area contributed by atoms with Crippen LogP contribution in [0.1, 0.15) is 5.56 Å². The first-order valence-corrected chi connectivity index (χ1v) is 5.67. The van der Waals surface area contributed by atoms with Gasteiger partial charge in [-0.1, -0.05) is 0 Å². The maximum atomic E-state index is 8.84. The number of nitrogen functional groups attached to an aromatic ring is 1. The van der Waals surface area contributed by atoms with Crippen molar-refractivity contribution < 1.29 is 4.74 Å². The minimum absolute atomic E-state index is 0.384. The van der Waals surface area contributed by atoms with Crippen LogP contribution in [-0.2, 0) is 0 Å². The quantitative estimate of drug-likeness (QED) is 0.893. The molecule has 2 aromatic rings. The van der Waals surface area contributed by atoms with Crippen LogP contribution < -0.4 is 10.5 Å². The van der Waals surface area contributed by atoms with Crippen molar-refractivity contribution in [3.05, 3.63) is 34.3 Å². The molecular weight excluding hydrogens is 282 g/mol. The molecule has 0 unspecified atom stereocenters. The van der Waals surface area contributed by atoms with Crippen LogP contribution in [0.4, 0.5) is 5.82 Å². The van der Waals surface area contributed by atoms with Crippen LogP contribution in [-0.4, -0.2) is 12.1 Å². The average molecular weight is 292 g/mol. The van der Waals surface area contributed by atoms with Gasteiger partial charge in [0.1, 0.15) is 17.6 Å². The van der Waals surface area contributed by atoms with Crippen molar-refractivity contribution in [2.75, 3.05) is 12.8 Å². The number of ether oxygens (including phenoxy) is 1. The van der Waals surface area contributed by atoms with Crippen molar-refractivity contribution in [1.29, 1.82) is 5.26 Å². The van der Waals surface area contributed by atoms with E-state index in [0.717, 1.165) is 21.5 Å². The largest absolute Gasteiger partial charge is 0.496 e. The average Bonchev–Trinajstić information content (AvgIpc) is 2.70. The van der Waals surface area contributed by atoms with Gasteiger partial charge in [0.2, 0.25) is 0 Å². The fourth-order valence-corrected chi connectivity index (χ4v) is 2.09. The Bertz CT molecular complexity index is 598. The number of aromatic nitrogens is 1. The fraction of sp³-hybridized carbons (Fsp3) is 0.0833. The summed E-state index contributed by atoms with van der Waals surface area (Å²) in [6, 6.07) is 9.41. The van der Waals surface area contributed by atoms with Gasteiger partial charge in [-0.15, -0.1) is 0 Å². The molecule has 86 valence electrons. The number of hydrogen-bond donors (Lipinski definition) is 2. The number of rotatable bonds is 2. The number of nitriles is 1. The van der Waals surface area contributed by atoms with Crippen molar-refractivity contribution in [2.45, 2.75) is 0 Å². The Labute approximate surface area is 107 Å². The van der Waals surface area contributed by atoms with Crippen LogP contribution >= 0.6 is 15.9 Å². The molecule has 1 heterocycles. The SMILES string of the molecule is COc1ccc(-c2cc(C#N)c(N)[nH]2)cc1Br. The molecule has 0 radical (unpaired) electrons. The van der Waals surface area contributed by atoms with Gasteiger partial charge in [0.05, 0.1) is 17.1 Å². The molecule has 3 N–H and O–H groups in total. The molecule has 0 amide bonds. The zero-order valence-corrected chi connectivity index (χ0v) is 10.7. The minimum atomic E-state index is 0.384. The summed E-state index contributed by atoms with van der Waals surface area (Å²) in [5, 5.41) is 8.84. The molecule has 4 nitrogen and oxygen atoms in total. The van der Waals surface area contributed by atoms with E-state index in [9.17, 15) is 0 Å². The highest BCUT2D eigenvalue weighted by atomic mass is 79.9. The van der Waals surface area contributed by atoms with E-state index in [1.165, 1.54) is 0 Å². The maximum absolute atomic E-state index is 8.84. The van der Waals surface area contributed by atoms with E-state index in [2.05, 4.69) is 20.9 Å². The van der Waals surface area contributed by atoms with Crippen LogP contribution in [0.25, 0.3) is 11.3 Å². The van der Waals surface area contributed by atoms with E-state index < -0.39 is 0 Å². The first-order valence-electron chi connectivity index (χ1n) is 4.88. The summed E-state index contributed by atoms with van der Waals surface area (Å²) in [5.41, 5.74) is 7.86. The highest BCUT2D eigenvalue weighted by Crippen LogP contribution is 2.31. The smallest absolute Gasteiger partial charge is 0.133 e. The molecule has 0 aliphatic rings. The molecule has 0 atom stereocenters. The highest BCUT2D eigenvalue weighted by molar-refractivity contribution is 9.10. The maximum Gasteiger partial charge on any atom is 0.133 e. The molecule has 1 aromatic carbocycles. The Kier molecular flexibility index (Phi) is 3.07. The molecule has 0 bridgehead atoms. The van der Waals surface area contributed by atoms with Crippen LogP contribution in [0.2, 0.25) is 0 Å². The number of nitrogens with two attached hydrogens (primary N) is 1. The van der Waals surface area contributed by atoms with E-state index >= 15 is 0 Å². The summed E-state index contributed by atoms with van der Waals surface area (Å²) < 4.78 is 6.00. The van der Waals surface area contributed by atoms with Crippen molar-refractivity contribution in [2.24, 2.45) is 0 Å². The summed E-state index contributed by atoms with van der Waals surface area (Å²) in [6.07, 6.45) is 0. The molecule has 5 heteroatoms. The monoisotopic (exact) mass is 291 g/mol. The lowest BCUT2D eigenvalue weighted by Gasteiger charge is -2.04. The van der Waals surface area contributed by atoms with Gasteiger partial charge in [-0.3, -0.25) is 0 Å². The van der Waals surface area contributed by atoms with E-state index in [4.69, 9.17) is 15.7 Å². The van der Waals surface area contributed by atoms with Gasteiger partial charge in [-0.05, 0) is 45.8 Å². The zero-order valence-electron chi connectivity index (χ0n) is 9.12. The van der Waals surface area contributed by atoms with Gasteiger partial charge >= 0.3 is 0 Å². The molecule has 0 saturated carbocycles. The van der Waals surface area contributed by atoms with E-state index in [1.54, 1.807) is 13.2 Å². The number of H-pyrrole nitrogens is 1. The Morgan fingerprint density at radius 3 is 2.71 bits per heavy atom. The molecular formula is C12H10BrN3O. The number of nitrogens with one attached hydrogen (secondary N) is 1.